The van der Waals surface area contributed by atoms with Crippen molar-refractivity contribution in [1.29, 1.82) is 0 Å². The fourth-order valence-electron chi connectivity index (χ4n) is 4.02. The number of aliphatic hydroxyl groups excluding tert-OH is 2. The number of unbranched alkanes of at least 4 members (excludes halogenated alkanes) is 11. The van der Waals surface area contributed by atoms with Crippen molar-refractivity contribution in [2.24, 2.45) is 4.99 Å². The second-order valence-electron chi connectivity index (χ2n) is 8.38. The van der Waals surface area contributed by atoms with Crippen LogP contribution in [0.5, 0.6) is 0 Å². The first-order valence-electron chi connectivity index (χ1n) is 11.8. The van der Waals surface area contributed by atoms with Crippen LogP contribution in [0.1, 0.15) is 96.0 Å². The third-order valence-corrected chi connectivity index (χ3v) is 5.85. The van der Waals surface area contributed by atoms with Gasteiger partial charge in [0.25, 0.3) is 0 Å². The molecular weight excluding hydrogens is 362 g/mol. The van der Waals surface area contributed by atoms with Gasteiger partial charge in [0, 0.05) is 5.56 Å². The lowest BCUT2D eigenvalue weighted by Crippen LogP contribution is -2.37. The van der Waals surface area contributed by atoms with Crippen molar-refractivity contribution in [3.05, 3.63) is 35.9 Å². The first kappa shape index (κ1) is 23.9. The van der Waals surface area contributed by atoms with E-state index in [1.807, 2.05) is 30.3 Å². The van der Waals surface area contributed by atoms with E-state index in [-0.39, 0.29) is 12.6 Å². The quantitative estimate of drug-likeness (QED) is 0.351. The zero-order valence-electron chi connectivity index (χ0n) is 18.3. The minimum Gasteiger partial charge on any atom is -0.469 e. The summed E-state index contributed by atoms with van der Waals surface area (Å²) in [5, 5.41) is 20.2. The molecule has 3 atom stereocenters. The highest BCUT2D eigenvalue weighted by atomic mass is 16.5. The number of hydrogen-bond donors (Lipinski definition) is 2. The second kappa shape index (κ2) is 14.6. The Morgan fingerprint density at radius 1 is 0.862 bits per heavy atom. The number of nitrogens with zero attached hydrogens (tertiary/aromatic N) is 1. The zero-order valence-corrected chi connectivity index (χ0v) is 18.3. The predicted octanol–water partition coefficient (Wildman–Crippen LogP) is 5.65. The maximum atomic E-state index is 10.6. The molecule has 2 rings (SSSR count). The standard InChI is InChI=1S/C25H41NO3/c1-2-3-4-5-6-7-8-9-10-11-12-16-19-23(28)24-22(20-27)26-25(29-24)21-17-14-13-15-18-21/h13-15,17-18,22-24,27-28H,2-12,16,19-20H2,1H3/t22-,23+,24-/m0/s1. The SMILES string of the molecule is CCCCCCCCCCCCCC[C@@H](O)[C@H]1OC(c2ccccc2)=N[C@H]1CO. The fraction of sp³-hybridized carbons (Fsp3) is 0.720. The molecule has 0 radical (unpaired) electrons. The number of rotatable bonds is 16. The van der Waals surface area contributed by atoms with Crippen molar-refractivity contribution < 1.29 is 14.9 Å². The summed E-state index contributed by atoms with van der Waals surface area (Å²) < 4.78 is 5.91. The largest absolute Gasteiger partial charge is 0.469 e. The predicted molar refractivity (Wildman–Crippen MR) is 120 cm³/mol. The molecule has 4 nitrogen and oxygen atoms in total. The lowest BCUT2D eigenvalue weighted by molar-refractivity contribution is 0.0126. The van der Waals surface area contributed by atoms with Crippen LogP contribution in [0, 0.1) is 0 Å². The lowest BCUT2D eigenvalue weighted by Gasteiger charge is -2.22. The molecular formula is C25H41NO3. The molecule has 0 aliphatic carbocycles. The van der Waals surface area contributed by atoms with Crippen LogP contribution in [-0.4, -0.2) is 41.0 Å². The molecule has 0 aromatic heterocycles. The number of aliphatic imine (C=N–C) groups is 1. The van der Waals surface area contributed by atoms with E-state index in [0.717, 1.165) is 18.4 Å². The van der Waals surface area contributed by atoms with E-state index in [4.69, 9.17) is 4.74 Å². The molecule has 1 aromatic rings. The van der Waals surface area contributed by atoms with Crippen LogP contribution in [0.15, 0.2) is 35.3 Å². The Labute approximate surface area is 177 Å². The van der Waals surface area contributed by atoms with Crippen molar-refractivity contribution in [3.8, 4) is 0 Å². The van der Waals surface area contributed by atoms with Gasteiger partial charge in [0.05, 0.1) is 12.7 Å². The van der Waals surface area contributed by atoms with Crippen LogP contribution in [0.25, 0.3) is 0 Å². The molecule has 0 saturated carbocycles. The Bertz CT molecular complexity index is 560. The molecule has 0 spiro atoms. The monoisotopic (exact) mass is 403 g/mol. The van der Waals surface area contributed by atoms with Crippen LogP contribution in [0.3, 0.4) is 0 Å². The van der Waals surface area contributed by atoms with E-state index < -0.39 is 12.2 Å². The van der Waals surface area contributed by atoms with Gasteiger partial charge in [0.15, 0.2) is 6.10 Å². The molecule has 1 aliphatic rings. The van der Waals surface area contributed by atoms with E-state index >= 15 is 0 Å². The number of hydrogen-bond acceptors (Lipinski definition) is 4. The van der Waals surface area contributed by atoms with Gasteiger partial charge in [0.1, 0.15) is 6.04 Å². The summed E-state index contributed by atoms with van der Waals surface area (Å²) in [5.74, 6) is 0.531. The Balaban J connectivity index is 1.54. The fourth-order valence-corrected chi connectivity index (χ4v) is 4.02. The van der Waals surface area contributed by atoms with E-state index in [1.54, 1.807) is 0 Å². The molecule has 0 amide bonds. The molecule has 1 aromatic carbocycles. The Morgan fingerprint density at radius 3 is 1.97 bits per heavy atom. The highest BCUT2D eigenvalue weighted by Gasteiger charge is 2.36. The van der Waals surface area contributed by atoms with Gasteiger partial charge >= 0.3 is 0 Å². The van der Waals surface area contributed by atoms with E-state index in [9.17, 15) is 10.2 Å². The van der Waals surface area contributed by atoms with Crippen molar-refractivity contribution in [3.63, 3.8) is 0 Å². The average molecular weight is 404 g/mol. The van der Waals surface area contributed by atoms with E-state index in [1.165, 1.54) is 64.2 Å². The lowest BCUT2D eigenvalue weighted by atomic mass is 10.00. The Hall–Kier alpha value is -1.39. The number of aliphatic hydroxyl groups is 2. The summed E-state index contributed by atoms with van der Waals surface area (Å²) in [6.07, 6.45) is 15.4. The second-order valence-corrected chi connectivity index (χ2v) is 8.38. The molecule has 1 heterocycles. The van der Waals surface area contributed by atoms with Gasteiger partial charge < -0.3 is 14.9 Å². The molecule has 4 heteroatoms. The summed E-state index contributed by atoms with van der Waals surface area (Å²) in [6.45, 7) is 2.16. The van der Waals surface area contributed by atoms with Gasteiger partial charge in [-0.25, -0.2) is 4.99 Å². The molecule has 164 valence electrons. The van der Waals surface area contributed by atoms with Crippen molar-refractivity contribution >= 4 is 5.90 Å². The van der Waals surface area contributed by atoms with Gasteiger partial charge in [-0.1, -0.05) is 102 Å². The van der Waals surface area contributed by atoms with Crippen LogP contribution in [0.2, 0.25) is 0 Å². The van der Waals surface area contributed by atoms with Crippen molar-refractivity contribution in [2.75, 3.05) is 6.61 Å². The van der Waals surface area contributed by atoms with Crippen molar-refractivity contribution in [2.45, 2.75) is 109 Å². The molecule has 0 saturated heterocycles. The topological polar surface area (TPSA) is 62.0 Å². The summed E-state index contributed by atoms with van der Waals surface area (Å²) in [5.41, 5.74) is 0.894. The van der Waals surface area contributed by atoms with E-state index in [0.29, 0.717) is 12.3 Å². The molecule has 29 heavy (non-hydrogen) atoms. The van der Waals surface area contributed by atoms with Gasteiger partial charge in [-0.2, -0.15) is 0 Å². The Morgan fingerprint density at radius 2 is 1.41 bits per heavy atom. The van der Waals surface area contributed by atoms with Crippen LogP contribution in [-0.2, 0) is 4.74 Å². The summed E-state index contributed by atoms with van der Waals surface area (Å²) >= 11 is 0. The first-order valence-corrected chi connectivity index (χ1v) is 11.8. The number of ether oxygens (including phenoxy) is 1. The zero-order chi connectivity index (χ0) is 20.7. The molecule has 0 fully saturated rings. The van der Waals surface area contributed by atoms with Gasteiger partial charge in [-0.3, -0.25) is 0 Å². The first-order chi connectivity index (χ1) is 14.3. The van der Waals surface area contributed by atoms with Crippen molar-refractivity contribution in [1.82, 2.24) is 0 Å². The highest BCUT2D eigenvalue weighted by molar-refractivity contribution is 5.95. The molecule has 0 unspecified atom stereocenters. The minimum absolute atomic E-state index is 0.101. The Kier molecular flexibility index (Phi) is 12.0. The maximum absolute atomic E-state index is 10.6. The normalized spacial score (nSPS) is 19.8. The molecule has 1 aliphatic heterocycles. The van der Waals surface area contributed by atoms with Gasteiger partial charge in [0.2, 0.25) is 5.90 Å². The van der Waals surface area contributed by atoms with Gasteiger partial charge in [-0.05, 0) is 18.6 Å². The maximum Gasteiger partial charge on any atom is 0.217 e. The summed E-state index contributed by atoms with van der Waals surface area (Å²) in [6, 6.07) is 9.32. The summed E-state index contributed by atoms with van der Waals surface area (Å²) in [4.78, 5) is 4.47. The molecule has 0 bridgehead atoms. The third kappa shape index (κ3) is 8.88. The minimum atomic E-state index is -0.583. The smallest absolute Gasteiger partial charge is 0.217 e. The number of benzene rings is 1. The third-order valence-electron chi connectivity index (χ3n) is 5.85. The van der Waals surface area contributed by atoms with Crippen LogP contribution in [0.4, 0.5) is 0 Å². The van der Waals surface area contributed by atoms with Crippen LogP contribution < -0.4 is 0 Å². The highest BCUT2D eigenvalue weighted by Crippen LogP contribution is 2.23. The van der Waals surface area contributed by atoms with Gasteiger partial charge in [-0.15, -0.1) is 0 Å². The molecule has 2 N–H and O–H groups in total. The average Bonchev–Trinajstić information content (AvgIpc) is 3.20. The van der Waals surface area contributed by atoms with Crippen LogP contribution >= 0.6 is 0 Å². The van der Waals surface area contributed by atoms with E-state index in [2.05, 4.69) is 11.9 Å². The summed E-state index contributed by atoms with van der Waals surface area (Å²) in [7, 11) is 0.